The molecule has 86 valence electrons. The Morgan fingerprint density at radius 2 is 1.81 bits per heavy atom. The third-order valence-electron chi connectivity index (χ3n) is 2.72. The van der Waals surface area contributed by atoms with Crippen LogP contribution in [0.3, 0.4) is 0 Å². The highest BCUT2D eigenvalue weighted by Gasteiger charge is 2.41. The zero-order valence-corrected chi connectivity index (χ0v) is 8.33. The van der Waals surface area contributed by atoms with Crippen molar-refractivity contribution < 1.29 is 23.8 Å². The third kappa shape index (κ3) is 2.04. The van der Waals surface area contributed by atoms with Crippen LogP contribution in [0, 0.1) is 11.6 Å². The second-order valence-electron chi connectivity index (χ2n) is 4.12. The van der Waals surface area contributed by atoms with Gasteiger partial charge in [0.15, 0.2) is 0 Å². The zero-order valence-electron chi connectivity index (χ0n) is 8.33. The highest BCUT2D eigenvalue weighted by atomic mass is 19.1. The van der Waals surface area contributed by atoms with Crippen LogP contribution in [0.2, 0.25) is 0 Å². The topological polar surface area (TPSA) is 57.5 Å². The molecule has 0 aliphatic heterocycles. The van der Waals surface area contributed by atoms with Crippen LogP contribution in [-0.4, -0.2) is 21.8 Å². The van der Waals surface area contributed by atoms with Crippen LogP contribution in [-0.2, 0) is 6.42 Å². The minimum atomic E-state index is -1.38. The van der Waals surface area contributed by atoms with Crippen molar-refractivity contribution in [3.63, 3.8) is 0 Å². The van der Waals surface area contributed by atoms with Crippen LogP contribution in [0.1, 0.15) is 28.8 Å². The van der Waals surface area contributed by atoms with Gasteiger partial charge in [0.1, 0.15) is 11.6 Å². The van der Waals surface area contributed by atoms with E-state index in [0.29, 0.717) is 12.8 Å². The molecular weight excluding hydrogens is 218 g/mol. The van der Waals surface area contributed by atoms with Crippen molar-refractivity contribution in [2.24, 2.45) is 0 Å². The predicted octanol–water partition coefficient (Wildman–Crippen LogP) is 1.73. The van der Waals surface area contributed by atoms with E-state index in [0.717, 1.165) is 12.1 Å². The molecular formula is C11H10F2O3. The van der Waals surface area contributed by atoms with Crippen LogP contribution < -0.4 is 0 Å². The Bertz CT molecular complexity index is 430. The van der Waals surface area contributed by atoms with Crippen LogP contribution in [0.4, 0.5) is 8.78 Å². The molecule has 2 N–H and O–H groups in total. The van der Waals surface area contributed by atoms with E-state index in [4.69, 9.17) is 5.11 Å². The highest BCUT2D eigenvalue weighted by molar-refractivity contribution is 5.87. The number of hydrogen-bond donors (Lipinski definition) is 2. The average Bonchev–Trinajstić information content (AvgIpc) is 2.90. The number of aliphatic hydroxyl groups is 1. The molecule has 1 aliphatic rings. The zero-order chi connectivity index (χ0) is 11.9. The summed E-state index contributed by atoms with van der Waals surface area (Å²) in [5.41, 5.74) is -1.68. The molecule has 1 saturated carbocycles. The maximum atomic E-state index is 13.4. The van der Waals surface area contributed by atoms with Gasteiger partial charge < -0.3 is 10.2 Å². The summed E-state index contributed by atoms with van der Waals surface area (Å²) in [6.07, 6.45) is 0.934. The minimum Gasteiger partial charge on any atom is -0.478 e. The normalized spacial score (nSPS) is 17.2. The van der Waals surface area contributed by atoms with Gasteiger partial charge >= 0.3 is 5.97 Å². The molecule has 1 aromatic carbocycles. The SMILES string of the molecule is O=C(O)c1cc(F)c(CC2(O)CC2)c(F)c1. The van der Waals surface area contributed by atoms with Gasteiger partial charge in [-0.1, -0.05) is 0 Å². The fourth-order valence-corrected chi connectivity index (χ4v) is 1.55. The molecule has 0 amide bonds. The smallest absolute Gasteiger partial charge is 0.335 e. The van der Waals surface area contributed by atoms with Gasteiger partial charge in [0, 0.05) is 12.0 Å². The lowest BCUT2D eigenvalue weighted by Crippen LogP contribution is -2.14. The Labute approximate surface area is 90.3 Å². The largest absolute Gasteiger partial charge is 0.478 e. The van der Waals surface area contributed by atoms with Gasteiger partial charge in [-0.2, -0.15) is 0 Å². The molecule has 0 spiro atoms. The molecule has 0 atom stereocenters. The average molecular weight is 228 g/mol. The molecule has 0 aromatic heterocycles. The van der Waals surface area contributed by atoms with Gasteiger partial charge in [0.2, 0.25) is 0 Å². The van der Waals surface area contributed by atoms with Crippen molar-refractivity contribution >= 4 is 5.97 Å². The van der Waals surface area contributed by atoms with Gasteiger partial charge in [0.25, 0.3) is 0 Å². The molecule has 0 heterocycles. The number of carboxylic acid groups (broad SMARTS) is 1. The first kappa shape index (κ1) is 11.0. The minimum absolute atomic E-state index is 0.107. The molecule has 1 aromatic rings. The van der Waals surface area contributed by atoms with Gasteiger partial charge in [-0.25, -0.2) is 13.6 Å². The van der Waals surface area contributed by atoms with Crippen LogP contribution in [0.5, 0.6) is 0 Å². The van der Waals surface area contributed by atoms with E-state index < -0.39 is 28.8 Å². The maximum absolute atomic E-state index is 13.4. The summed E-state index contributed by atoms with van der Waals surface area (Å²) in [4.78, 5) is 10.5. The van der Waals surface area contributed by atoms with Gasteiger partial charge in [-0.05, 0) is 25.0 Å². The monoisotopic (exact) mass is 228 g/mol. The first-order valence-corrected chi connectivity index (χ1v) is 4.85. The van der Waals surface area contributed by atoms with Crippen molar-refractivity contribution in [2.45, 2.75) is 24.9 Å². The summed E-state index contributed by atoms with van der Waals surface area (Å²) < 4.78 is 26.8. The van der Waals surface area contributed by atoms with E-state index in [-0.39, 0.29) is 12.0 Å². The highest BCUT2D eigenvalue weighted by Crippen LogP contribution is 2.39. The maximum Gasteiger partial charge on any atom is 0.335 e. The number of carbonyl (C=O) groups is 1. The Balaban J connectivity index is 2.35. The molecule has 2 rings (SSSR count). The molecule has 0 radical (unpaired) electrons. The number of benzene rings is 1. The quantitative estimate of drug-likeness (QED) is 0.828. The lowest BCUT2D eigenvalue weighted by molar-refractivity contribution is 0.0695. The standard InChI is InChI=1S/C11H10F2O3/c12-8-3-6(10(14)15)4-9(13)7(8)5-11(16)1-2-11/h3-4,16H,1-2,5H2,(H,14,15). The third-order valence-corrected chi connectivity index (χ3v) is 2.72. The van der Waals surface area contributed by atoms with Gasteiger partial charge in [-0.3, -0.25) is 0 Å². The number of rotatable bonds is 3. The lowest BCUT2D eigenvalue weighted by atomic mass is 10.0. The van der Waals surface area contributed by atoms with E-state index >= 15 is 0 Å². The molecule has 0 bridgehead atoms. The summed E-state index contributed by atoms with van der Waals surface area (Å²) in [7, 11) is 0. The first-order valence-electron chi connectivity index (χ1n) is 4.85. The Morgan fingerprint density at radius 1 is 1.31 bits per heavy atom. The number of hydrogen-bond acceptors (Lipinski definition) is 2. The van der Waals surface area contributed by atoms with Crippen LogP contribution in [0.25, 0.3) is 0 Å². The van der Waals surface area contributed by atoms with Crippen molar-refractivity contribution in [3.8, 4) is 0 Å². The summed E-state index contributed by atoms with van der Waals surface area (Å²) in [5, 5.41) is 18.1. The number of carboxylic acids is 1. The summed E-state index contributed by atoms with van der Waals surface area (Å²) in [6.45, 7) is 0. The summed E-state index contributed by atoms with van der Waals surface area (Å²) in [5.74, 6) is -3.22. The summed E-state index contributed by atoms with van der Waals surface area (Å²) in [6, 6.07) is 1.54. The fraction of sp³-hybridized carbons (Fsp3) is 0.364. The number of halogens is 2. The molecule has 16 heavy (non-hydrogen) atoms. The van der Waals surface area contributed by atoms with Gasteiger partial charge in [0.05, 0.1) is 11.2 Å². The second kappa shape index (κ2) is 3.52. The van der Waals surface area contributed by atoms with Crippen LogP contribution in [0.15, 0.2) is 12.1 Å². The van der Waals surface area contributed by atoms with E-state index in [1.165, 1.54) is 0 Å². The molecule has 0 saturated heterocycles. The van der Waals surface area contributed by atoms with Gasteiger partial charge in [-0.15, -0.1) is 0 Å². The van der Waals surface area contributed by atoms with E-state index in [1.54, 1.807) is 0 Å². The molecule has 0 unspecified atom stereocenters. The molecule has 3 nitrogen and oxygen atoms in total. The Kier molecular flexibility index (Phi) is 2.42. The van der Waals surface area contributed by atoms with Crippen molar-refractivity contribution in [1.82, 2.24) is 0 Å². The van der Waals surface area contributed by atoms with Crippen LogP contribution >= 0.6 is 0 Å². The first-order chi connectivity index (χ1) is 7.41. The van der Waals surface area contributed by atoms with E-state index in [9.17, 15) is 18.7 Å². The molecule has 1 fully saturated rings. The second-order valence-corrected chi connectivity index (χ2v) is 4.12. The Hall–Kier alpha value is -1.49. The molecule has 1 aliphatic carbocycles. The number of aromatic carboxylic acids is 1. The predicted molar refractivity (Wildman–Crippen MR) is 51.2 cm³/mol. The van der Waals surface area contributed by atoms with E-state index in [2.05, 4.69) is 0 Å². The Morgan fingerprint density at radius 3 is 2.19 bits per heavy atom. The van der Waals surface area contributed by atoms with Crippen molar-refractivity contribution in [3.05, 3.63) is 34.9 Å². The van der Waals surface area contributed by atoms with Crippen molar-refractivity contribution in [1.29, 1.82) is 0 Å². The summed E-state index contributed by atoms with van der Waals surface area (Å²) >= 11 is 0. The fourth-order valence-electron chi connectivity index (χ4n) is 1.55. The molecule has 5 heteroatoms. The van der Waals surface area contributed by atoms with Crippen molar-refractivity contribution in [2.75, 3.05) is 0 Å². The lowest BCUT2D eigenvalue weighted by Gasteiger charge is -2.10. The van der Waals surface area contributed by atoms with E-state index in [1.807, 2.05) is 0 Å².